The molecule has 0 radical (unpaired) electrons. The molecule has 1 aromatic rings. The molecule has 1 fully saturated rings. The summed E-state index contributed by atoms with van der Waals surface area (Å²) >= 11 is 0. The number of alkyl halides is 3. The zero-order chi connectivity index (χ0) is 15.1. The summed E-state index contributed by atoms with van der Waals surface area (Å²) in [6, 6.07) is 2.64. The molecular weight excluding hydrogens is 282 g/mol. The third-order valence-electron chi connectivity index (χ3n) is 3.04. The monoisotopic (exact) mass is 291 g/mol. The second-order valence-corrected chi connectivity index (χ2v) is 4.38. The summed E-state index contributed by atoms with van der Waals surface area (Å²) in [5.74, 6) is -4.63. The van der Waals surface area contributed by atoms with Crippen molar-refractivity contribution in [1.29, 1.82) is 0 Å². The summed E-state index contributed by atoms with van der Waals surface area (Å²) in [6.07, 6.45) is -5.37. The summed E-state index contributed by atoms with van der Waals surface area (Å²) in [5, 5.41) is 8.80. The summed E-state index contributed by atoms with van der Waals surface area (Å²) in [4.78, 5) is 23.1. The minimum Gasteiger partial charge on any atom is -0.481 e. The number of benzene rings is 1. The molecule has 1 N–H and O–H groups in total. The van der Waals surface area contributed by atoms with E-state index >= 15 is 0 Å². The molecule has 4 nitrogen and oxygen atoms in total. The van der Waals surface area contributed by atoms with Crippen molar-refractivity contribution in [3.8, 4) is 0 Å². The van der Waals surface area contributed by atoms with Crippen molar-refractivity contribution in [3.05, 3.63) is 29.6 Å². The highest BCUT2D eigenvalue weighted by Gasteiger charge is 2.42. The van der Waals surface area contributed by atoms with E-state index in [9.17, 15) is 27.2 Å². The fourth-order valence-corrected chi connectivity index (χ4v) is 2.12. The van der Waals surface area contributed by atoms with Crippen LogP contribution in [0.4, 0.5) is 23.2 Å². The van der Waals surface area contributed by atoms with Crippen molar-refractivity contribution in [3.63, 3.8) is 0 Å². The molecule has 1 aliphatic heterocycles. The van der Waals surface area contributed by atoms with Crippen molar-refractivity contribution < 1.29 is 32.3 Å². The number of hydrogen-bond acceptors (Lipinski definition) is 2. The minimum atomic E-state index is -4.97. The molecule has 1 saturated heterocycles. The molecule has 20 heavy (non-hydrogen) atoms. The van der Waals surface area contributed by atoms with E-state index in [1.807, 2.05) is 0 Å². The lowest BCUT2D eigenvalue weighted by atomic mass is 10.1. The van der Waals surface area contributed by atoms with E-state index in [2.05, 4.69) is 0 Å². The van der Waals surface area contributed by atoms with Crippen molar-refractivity contribution in [1.82, 2.24) is 0 Å². The Kier molecular flexibility index (Phi) is 3.41. The molecule has 0 saturated carbocycles. The van der Waals surface area contributed by atoms with Crippen LogP contribution in [0.1, 0.15) is 12.0 Å². The van der Waals surface area contributed by atoms with Crippen LogP contribution in [0, 0.1) is 11.7 Å². The fraction of sp³-hybridized carbons (Fsp3) is 0.333. The van der Waals surface area contributed by atoms with Gasteiger partial charge in [-0.05, 0) is 12.1 Å². The number of carbonyl (C=O) groups excluding carboxylic acids is 1. The topological polar surface area (TPSA) is 57.6 Å². The average Bonchev–Trinajstić information content (AvgIpc) is 2.69. The van der Waals surface area contributed by atoms with Crippen molar-refractivity contribution in [2.75, 3.05) is 11.4 Å². The molecule has 1 heterocycles. The van der Waals surface area contributed by atoms with E-state index < -0.39 is 54.0 Å². The van der Waals surface area contributed by atoms with Crippen LogP contribution in [0.15, 0.2) is 18.2 Å². The number of rotatable bonds is 2. The molecule has 0 bridgehead atoms. The van der Waals surface area contributed by atoms with Crippen LogP contribution >= 0.6 is 0 Å². The second-order valence-electron chi connectivity index (χ2n) is 4.38. The zero-order valence-electron chi connectivity index (χ0n) is 9.95. The highest BCUT2D eigenvalue weighted by molar-refractivity contribution is 5.99. The molecule has 1 aliphatic rings. The van der Waals surface area contributed by atoms with Crippen LogP contribution in [-0.2, 0) is 15.8 Å². The van der Waals surface area contributed by atoms with Crippen LogP contribution in [0.25, 0.3) is 0 Å². The first-order valence-electron chi connectivity index (χ1n) is 5.60. The molecule has 108 valence electrons. The van der Waals surface area contributed by atoms with E-state index in [4.69, 9.17) is 5.11 Å². The quantitative estimate of drug-likeness (QED) is 0.850. The maximum absolute atomic E-state index is 13.4. The van der Waals surface area contributed by atoms with E-state index in [1.54, 1.807) is 0 Å². The normalized spacial score (nSPS) is 19.5. The number of carboxylic acid groups (broad SMARTS) is 1. The number of anilines is 1. The van der Waals surface area contributed by atoms with Crippen molar-refractivity contribution in [2.24, 2.45) is 5.92 Å². The SMILES string of the molecule is O=C(O)C1CC(=O)N(c2cccc(F)c2C(F)(F)F)C1. The summed E-state index contributed by atoms with van der Waals surface area (Å²) in [5.41, 5.74) is -2.20. The van der Waals surface area contributed by atoms with E-state index in [0.717, 1.165) is 12.1 Å². The summed E-state index contributed by atoms with van der Waals surface area (Å²) in [6.45, 7) is -0.402. The van der Waals surface area contributed by atoms with Gasteiger partial charge in [-0.2, -0.15) is 13.2 Å². The van der Waals surface area contributed by atoms with Gasteiger partial charge in [-0.3, -0.25) is 9.59 Å². The molecule has 2 rings (SSSR count). The molecular formula is C12H9F4NO3. The van der Waals surface area contributed by atoms with Crippen LogP contribution in [-0.4, -0.2) is 23.5 Å². The summed E-state index contributed by atoms with van der Waals surface area (Å²) < 4.78 is 52.0. The van der Waals surface area contributed by atoms with E-state index in [-0.39, 0.29) is 0 Å². The van der Waals surface area contributed by atoms with Gasteiger partial charge < -0.3 is 10.0 Å². The summed E-state index contributed by atoms with van der Waals surface area (Å²) in [7, 11) is 0. The number of carbonyl (C=O) groups is 2. The Morgan fingerprint density at radius 3 is 2.50 bits per heavy atom. The minimum absolute atomic E-state index is 0.400. The highest BCUT2D eigenvalue weighted by atomic mass is 19.4. The van der Waals surface area contributed by atoms with Gasteiger partial charge in [0.1, 0.15) is 11.4 Å². The third-order valence-corrected chi connectivity index (χ3v) is 3.04. The van der Waals surface area contributed by atoms with Gasteiger partial charge in [0.05, 0.1) is 11.6 Å². The largest absolute Gasteiger partial charge is 0.481 e. The molecule has 0 spiro atoms. The van der Waals surface area contributed by atoms with Gasteiger partial charge in [0.15, 0.2) is 0 Å². The Morgan fingerprint density at radius 2 is 2.00 bits per heavy atom. The van der Waals surface area contributed by atoms with Gasteiger partial charge in [0, 0.05) is 13.0 Å². The van der Waals surface area contributed by atoms with Crippen LogP contribution < -0.4 is 4.90 Å². The molecule has 1 atom stereocenters. The van der Waals surface area contributed by atoms with Crippen LogP contribution in [0.5, 0.6) is 0 Å². The van der Waals surface area contributed by atoms with Gasteiger partial charge in [-0.15, -0.1) is 0 Å². The van der Waals surface area contributed by atoms with Gasteiger partial charge in [0.2, 0.25) is 5.91 Å². The predicted octanol–water partition coefficient (Wildman–Crippen LogP) is 2.28. The maximum atomic E-state index is 13.4. The van der Waals surface area contributed by atoms with Gasteiger partial charge in [0.25, 0.3) is 0 Å². The number of hydrogen-bond donors (Lipinski definition) is 1. The van der Waals surface area contributed by atoms with Crippen molar-refractivity contribution in [2.45, 2.75) is 12.6 Å². The first-order valence-corrected chi connectivity index (χ1v) is 5.60. The lowest BCUT2D eigenvalue weighted by Gasteiger charge is -2.21. The molecule has 8 heteroatoms. The smallest absolute Gasteiger partial charge is 0.421 e. The Labute approximate surface area is 110 Å². The molecule has 0 aromatic heterocycles. The fourth-order valence-electron chi connectivity index (χ4n) is 2.12. The zero-order valence-corrected chi connectivity index (χ0v) is 9.95. The number of nitrogens with zero attached hydrogens (tertiary/aromatic N) is 1. The second kappa shape index (κ2) is 4.77. The molecule has 1 unspecified atom stereocenters. The third kappa shape index (κ3) is 2.45. The molecule has 0 aliphatic carbocycles. The maximum Gasteiger partial charge on any atom is 0.421 e. The van der Waals surface area contributed by atoms with E-state index in [1.165, 1.54) is 0 Å². The average molecular weight is 291 g/mol. The molecule has 1 amide bonds. The van der Waals surface area contributed by atoms with Crippen LogP contribution in [0.2, 0.25) is 0 Å². The van der Waals surface area contributed by atoms with E-state index in [0.29, 0.717) is 11.0 Å². The Hall–Kier alpha value is -2.12. The van der Waals surface area contributed by atoms with Gasteiger partial charge >= 0.3 is 12.1 Å². The molecule has 1 aromatic carbocycles. The first-order chi connectivity index (χ1) is 9.21. The standard InChI is InChI=1S/C12H9F4NO3/c13-7-2-1-3-8(10(7)12(14,15)16)17-5-6(11(19)20)4-9(17)18/h1-3,6H,4-5H2,(H,19,20). The van der Waals surface area contributed by atoms with Gasteiger partial charge in [-0.1, -0.05) is 6.07 Å². The number of amides is 1. The lowest BCUT2D eigenvalue weighted by molar-refractivity contribution is -0.141. The number of carboxylic acids is 1. The van der Waals surface area contributed by atoms with Gasteiger partial charge in [-0.25, -0.2) is 4.39 Å². The van der Waals surface area contributed by atoms with Crippen molar-refractivity contribution >= 4 is 17.6 Å². The number of halogens is 4. The Bertz CT molecular complexity index is 570. The predicted molar refractivity (Wildman–Crippen MR) is 59.5 cm³/mol. The first kappa shape index (κ1) is 14.3. The highest BCUT2D eigenvalue weighted by Crippen LogP contribution is 2.40. The number of aliphatic carboxylic acids is 1. The Balaban J connectivity index is 2.47. The Morgan fingerprint density at radius 1 is 1.35 bits per heavy atom. The lowest BCUT2D eigenvalue weighted by Crippen LogP contribution is -2.28. The van der Waals surface area contributed by atoms with Crippen LogP contribution in [0.3, 0.4) is 0 Å².